The largest absolute Gasteiger partial charge is 0.481 e. The third-order valence-corrected chi connectivity index (χ3v) is 5.08. The Hall–Kier alpha value is -2.05. The molecule has 1 N–H and O–H groups in total. The number of hydrogen-bond donors (Lipinski definition) is 1. The van der Waals surface area contributed by atoms with E-state index in [1.165, 1.54) is 12.1 Å². The van der Waals surface area contributed by atoms with Gasteiger partial charge in [-0.05, 0) is 43.4 Å². The Balaban J connectivity index is 1.63. The second-order valence-electron chi connectivity index (χ2n) is 6.94. The molecular formula is C17H18F3NO3. The summed E-state index contributed by atoms with van der Waals surface area (Å²) in [5, 5.41) is 9.22. The fourth-order valence-electron chi connectivity index (χ4n) is 3.31. The zero-order valence-corrected chi connectivity index (χ0v) is 13.1. The number of carboxylic acids is 1. The van der Waals surface area contributed by atoms with E-state index >= 15 is 0 Å². The highest BCUT2D eigenvalue weighted by molar-refractivity contribution is 5.85. The van der Waals surface area contributed by atoms with Crippen LogP contribution in [0.3, 0.4) is 0 Å². The van der Waals surface area contributed by atoms with E-state index in [-0.39, 0.29) is 24.3 Å². The number of carbonyl (C=O) groups excluding carboxylic acids is 1. The molecule has 0 radical (unpaired) electrons. The highest BCUT2D eigenvalue weighted by Crippen LogP contribution is 2.49. The number of likely N-dealkylation sites (tertiary alicyclic amines) is 1. The van der Waals surface area contributed by atoms with Crippen LogP contribution in [-0.2, 0) is 15.8 Å². The molecule has 1 aromatic carbocycles. The monoisotopic (exact) mass is 341 g/mol. The first kappa shape index (κ1) is 16.8. The minimum atomic E-state index is -4.37. The van der Waals surface area contributed by atoms with E-state index in [4.69, 9.17) is 0 Å². The molecule has 24 heavy (non-hydrogen) atoms. The van der Waals surface area contributed by atoms with Gasteiger partial charge in [-0.2, -0.15) is 13.2 Å². The Morgan fingerprint density at radius 1 is 1.25 bits per heavy atom. The van der Waals surface area contributed by atoms with Crippen molar-refractivity contribution in [3.05, 3.63) is 35.4 Å². The van der Waals surface area contributed by atoms with Gasteiger partial charge >= 0.3 is 12.1 Å². The summed E-state index contributed by atoms with van der Waals surface area (Å²) in [4.78, 5) is 25.3. The molecule has 2 aliphatic rings. The van der Waals surface area contributed by atoms with Crippen LogP contribution in [0.2, 0.25) is 0 Å². The predicted octanol–water partition coefficient (Wildman–Crippen LogP) is 3.13. The summed E-state index contributed by atoms with van der Waals surface area (Å²) in [6, 6.07) is 4.91. The SMILES string of the molecule is C[C@]1(C(=O)O)CCN(C(=O)[C@H]2C[C@@H]2c2ccc(C(F)(F)F)cc2)C1. The van der Waals surface area contributed by atoms with E-state index < -0.39 is 23.1 Å². The number of alkyl halides is 3. The molecule has 1 saturated heterocycles. The second kappa shape index (κ2) is 5.50. The summed E-state index contributed by atoms with van der Waals surface area (Å²) in [6.45, 7) is 2.23. The average Bonchev–Trinajstić information content (AvgIpc) is 3.21. The van der Waals surface area contributed by atoms with Crippen LogP contribution in [-0.4, -0.2) is 35.0 Å². The van der Waals surface area contributed by atoms with Gasteiger partial charge in [-0.1, -0.05) is 12.1 Å². The van der Waals surface area contributed by atoms with Gasteiger partial charge in [0.2, 0.25) is 5.91 Å². The van der Waals surface area contributed by atoms with Gasteiger partial charge in [0.1, 0.15) is 0 Å². The molecule has 1 aromatic rings. The molecule has 7 heteroatoms. The molecule has 2 fully saturated rings. The average molecular weight is 341 g/mol. The van der Waals surface area contributed by atoms with Crippen LogP contribution in [0.15, 0.2) is 24.3 Å². The Morgan fingerprint density at radius 3 is 2.38 bits per heavy atom. The molecule has 0 aromatic heterocycles. The lowest BCUT2D eigenvalue weighted by atomic mass is 9.90. The van der Waals surface area contributed by atoms with Gasteiger partial charge in [0.15, 0.2) is 0 Å². The van der Waals surface area contributed by atoms with Gasteiger partial charge in [0.05, 0.1) is 11.0 Å². The highest BCUT2D eigenvalue weighted by Gasteiger charge is 2.50. The van der Waals surface area contributed by atoms with Crippen LogP contribution in [0.4, 0.5) is 13.2 Å². The van der Waals surface area contributed by atoms with Gasteiger partial charge in [0, 0.05) is 19.0 Å². The first-order chi connectivity index (χ1) is 11.1. The van der Waals surface area contributed by atoms with Gasteiger partial charge in [-0.15, -0.1) is 0 Å². The topological polar surface area (TPSA) is 57.6 Å². The Bertz CT molecular complexity index is 671. The number of benzene rings is 1. The summed E-state index contributed by atoms with van der Waals surface area (Å²) in [7, 11) is 0. The number of aliphatic carboxylic acids is 1. The van der Waals surface area contributed by atoms with Gasteiger partial charge < -0.3 is 10.0 Å². The molecule has 0 unspecified atom stereocenters. The van der Waals surface area contributed by atoms with Crippen molar-refractivity contribution in [3.63, 3.8) is 0 Å². The zero-order chi connectivity index (χ0) is 17.7. The third-order valence-electron chi connectivity index (χ3n) is 5.08. The standard InChI is InChI=1S/C17H18F3NO3/c1-16(15(23)24)6-7-21(9-16)14(22)13-8-12(13)10-2-4-11(5-3-10)17(18,19)20/h2-5,12-13H,6-9H2,1H3,(H,23,24)/t12-,13+,16+/m1/s1. The molecule has 0 bridgehead atoms. The van der Waals surface area contributed by atoms with E-state index in [1.807, 2.05) is 0 Å². The number of carbonyl (C=O) groups is 2. The van der Waals surface area contributed by atoms with E-state index in [0.717, 1.165) is 17.7 Å². The molecule has 3 atom stereocenters. The summed E-state index contributed by atoms with van der Waals surface area (Å²) >= 11 is 0. The fraction of sp³-hybridized carbons (Fsp3) is 0.529. The Morgan fingerprint density at radius 2 is 1.88 bits per heavy atom. The molecule has 1 heterocycles. The lowest BCUT2D eigenvalue weighted by molar-refractivity contribution is -0.147. The van der Waals surface area contributed by atoms with Crippen molar-refractivity contribution in [2.24, 2.45) is 11.3 Å². The van der Waals surface area contributed by atoms with Gasteiger partial charge in [-0.25, -0.2) is 0 Å². The van der Waals surface area contributed by atoms with Crippen molar-refractivity contribution in [2.75, 3.05) is 13.1 Å². The maximum Gasteiger partial charge on any atom is 0.416 e. The van der Waals surface area contributed by atoms with E-state index in [1.54, 1.807) is 11.8 Å². The molecule has 1 aliphatic carbocycles. The van der Waals surface area contributed by atoms with Crippen LogP contribution >= 0.6 is 0 Å². The third kappa shape index (κ3) is 2.99. The van der Waals surface area contributed by atoms with Gasteiger partial charge in [0.25, 0.3) is 0 Å². The maximum atomic E-state index is 12.6. The molecule has 130 valence electrons. The summed E-state index contributed by atoms with van der Waals surface area (Å²) in [5.41, 5.74) is -0.887. The number of carboxylic acid groups (broad SMARTS) is 1. The summed E-state index contributed by atoms with van der Waals surface area (Å²) < 4.78 is 37.7. The summed E-state index contributed by atoms with van der Waals surface area (Å²) in [5.74, 6) is -1.33. The van der Waals surface area contributed by atoms with Gasteiger partial charge in [-0.3, -0.25) is 9.59 Å². The van der Waals surface area contributed by atoms with Crippen LogP contribution in [0.25, 0.3) is 0 Å². The predicted molar refractivity (Wildman–Crippen MR) is 79.2 cm³/mol. The number of halogens is 3. The molecule has 4 nitrogen and oxygen atoms in total. The number of nitrogens with zero attached hydrogens (tertiary/aromatic N) is 1. The molecular weight excluding hydrogens is 323 g/mol. The zero-order valence-electron chi connectivity index (χ0n) is 13.1. The maximum absolute atomic E-state index is 12.6. The Kier molecular flexibility index (Phi) is 3.85. The quantitative estimate of drug-likeness (QED) is 0.919. The number of rotatable bonds is 3. The van der Waals surface area contributed by atoms with Crippen molar-refractivity contribution >= 4 is 11.9 Å². The molecule has 1 aliphatic heterocycles. The van der Waals surface area contributed by atoms with Crippen LogP contribution < -0.4 is 0 Å². The number of hydrogen-bond acceptors (Lipinski definition) is 2. The first-order valence-corrected chi connectivity index (χ1v) is 7.81. The smallest absolute Gasteiger partial charge is 0.416 e. The van der Waals surface area contributed by atoms with E-state index in [9.17, 15) is 27.9 Å². The number of amides is 1. The van der Waals surface area contributed by atoms with Crippen LogP contribution in [0.5, 0.6) is 0 Å². The summed E-state index contributed by atoms with van der Waals surface area (Å²) in [6.07, 6.45) is -3.34. The lowest BCUT2D eigenvalue weighted by Gasteiger charge is -2.20. The van der Waals surface area contributed by atoms with Crippen molar-refractivity contribution < 1.29 is 27.9 Å². The lowest BCUT2D eigenvalue weighted by Crippen LogP contribution is -2.35. The van der Waals surface area contributed by atoms with Crippen molar-refractivity contribution in [1.82, 2.24) is 4.90 Å². The van der Waals surface area contributed by atoms with Crippen molar-refractivity contribution in [1.29, 1.82) is 0 Å². The van der Waals surface area contributed by atoms with Crippen LogP contribution in [0.1, 0.15) is 36.8 Å². The van der Waals surface area contributed by atoms with Crippen molar-refractivity contribution in [2.45, 2.75) is 31.9 Å². The Labute approximate surface area is 137 Å². The molecule has 3 rings (SSSR count). The fourth-order valence-corrected chi connectivity index (χ4v) is 3.31. The normalized spacial score (nSPS) is 29.6. The second-order valence-corrected chi connectivity index (χ2v) is 6.94. The van der Waals surface area contributed by atoms with Crippen molar-refractivity contribution in [3.8, 4) is 0 Å². The van der Waals surface area contributed by atoms with Crippen LogP contribution in [0, 0.1) is 11.3 Å². The molecule has 1 saturated carbocycles. The van der Waals surface area contributed by atoms with E-state index in [2.05, 4.69) is 0 Å². The minimum Gasteiger partial charge on any atom is -0.481 e. The molecule has 0 spiro atoms. The minimum absolute atomic E-state index is 0.0727. The first-order valence-electron chi connectivity index (χ1n) is 7.81. The highest BCUT2D eigenvalue weighted by atomic mass is 19.4. The molecule has 1 amide bonds. The van der Waals surface area contributed by atoms with E-state index in [0.29, 0.717) is 19.4 Å².